The highest BCUT2D eigenvalue weighted by Crippen LogP contribution is 2.56. The minimum absolute atomic E-state index is 0.374. The van der Waals surface area contributed by atoms with Crippen molar-refractivity contribution in [1.82, 2.24) is 0 Å². The van der Waals surface area contributed by atoms with Gasteiger partial charge in [-0.25, -0.2) is 0 Å². The number of hydrogen-bond acceptors (Lipinski definition) is 2. The molecule has 0 radical (unpaired) electrons. The second-order valence-electron chi connectivity index (χ2n) is 8.34. The molecule has 33 heavy (non-hydrogen) atoms. The smallest absolute Gasteiger partial charge is 0.0713 e. The van der Waals surface area contributed by atoms with Gasteiger partial charge in [0.1, 0.15) is 0 Å². The van der Waals surface area contributed by atoms with Crippen LogP contribution in [0, 0.1) is 0 Å². The number of hydrogen-bond donors (Lipinski definition) is 2. The van der Waals surface area contributed by atoms with E-state index in [2.05, 4.69) is 121 Å². The third-order valence-corrected chi connectivity index (χ3v) is 6.49. The van der Waals surface area contributed by atoms with E-state index in [4.69, 9.17) is 0 Å². The molecule has 162 valence electrons. The minimum atomic E-state index is -0.374. The van der Waals surface area contributed by atoms with Gasteiger partial charge in [0.25, 0.3) is 0 Å². The summed E-state index contributed by atoms with van der Waals surface area (Å²) in [6.45, 7) is 9.11. The van der Waals surface area contributed by atoms with Gasteiger partial charge in [-0.1, -0.05) is 84.9 Å². The van der Waals surface area contributed by atoms with Crippen LogP contribution in [0.1, 0.15) is 22.3 Å². The van der Waals surface area contributed by atoms with Crippen LogP contribution in [0.25, 0.3) is 11.1 Å². The van der Waals surface area contributed by atoms with Gasteiger partial charge in [0.15, 0.2) is 0 Å². The number of fused-ring (bicyclic) bond motifs is 3. The Hall–Kier alpha value is -4.04. The van der Waals surface area contributed by atoms with Crippen molar-refractivity contribution in [2.75, 3.05) is 23.7 Å². The molecule has 2 N–H and O–H groups in total. The van der Waals surface area contributed by atoms with Crippen molar-refractivity contribution < 1.29 is 0 Å². The van der Waals surface area contributed by atoms with Crippen LogP contribution in [0.2, 0.25) is 0 Å². The molecule has 0 aromatic heterocycles. The average molecular weight is 429 g/mol. The summed E-state index contributed by atoms with van der Waals surface area (Å²) in [5, 5.41) is 6.79. The van der Waals surface area contributed by atoms with Gasteiger partial charge in [0.2, 0.25) is 0 Å². The standard InChI is InChI=1S/C31H28N2/c1-3-21-32-25-17-13-23(14-18-25)31(24-15-19-26(20-16-24)33-22-4-2)29-11-7-5-9-27(29)28-10-6-8-12-30(28)31/h3-20,32-33H,1-2,21-22H2. The van der Waals surface area contributed by atoms with Gasteiger partial charge < -0.3 is 10.6 Å². The van der Waals surface area contributed by atoms with Gasteiger partial charge in [-0.05, 0) is 57.6 Å². The zero-order chi connectivity index (χ0) is 22.7. The molecule has 0 aliphatic heterocycles. The fourth-order valence-electron chi connectivity index (χ4n) is 5.08. The predicted molar refractivity (Wildman–Crippen MR) is 141 cm³/mol. The maximum absolute atomic E-state index is 3.81. The SMILES string of the molecule is C=CCNc1ccc(C2(c3ccc(NCC=C)cc3)c3ccccc3-c3ccccc32)cc1. The van der Waals surface area contributed by atoms with Gasteiger partial charge in [-0.15, -0.1) is 13.2 Å². The van der Waals surface area contributed by atoms with Crippen LogP contribution in [0.3, 0.4) is 0 Å². The van der Waals surface area contributed by atoms with Crippen LogP contribution >= 0.6 is 0 Å². The number of nitrogens with one attached hydrogen (secondary N) is 2. The molecular weight excluding hydrogens is 400 g/mol. The number of benzene rings is 4. The predicted octanol–water partition coefficient (Wildman–Crippen LogP) is 7.25. The van der Waals surface area contributed by atoms with E-state index in [9.17, 15) is 0 Å². The average Bonchev–Trinajstić information content (AvgIpc) is 3.18. The van der Waals surface area contributed by atoms with Crippen molar-refractivity contribution >= 4 is 11.4 Å². The first-order valence-electron chi connectivity index (χ1n) is 11.4. The Balaban J connectivity index is 1.74. The van der Waals surface area contributed by atoms with Crippen molar-refractivity contribution in [1.29, 1.82) is 0 Å². The van der Waals surface area contributed by atoms with E-state index in [0.29, 0.717) is 0 Å². The lowest BCUT2D eigenvalue weighted by Crippen LogP contribution is -2.28. The Labute approximate surface area is 196 Å². The Morgan fingerprint density at radius 3 is 1.33 bits per heavy atom. The van der Waals surface area contributed by atoms with Gasteiger partial charge >= 0.3 is 0 Å². The maximum atomic E-state index is 3.81. The molecule has 0 saturated carbocycles. The van der Waals surface area contributed by atoms with Crippen molar-refractivity contribution in [3.8, 4) is 11.1 Å². The van der Waals surface area contributed by atoms with Gasteiger partial charge in [0, 0.05) is 24.5 Å². The molecule has 0 spiro atoms. The molecule has 0 unspecified atom stereocenters. The van der Waals surface area contributed by atoms with E-state index in [0.717, 1.165) is 24.5 Å². The summed E-state index contributed by atoms with van der Waals surface area (Å²) in [5.41, 5.74) is 9.59. The summed E-state index contributed by atoms with van der Waals surface area (Å²) in [6, 6.07) is 35.3. The molecule has 5 rings (SSSR count). The molecule has 0 fully saturated rings. The largest absolute Gasteiger partial charge is 0.382 e. The van der Waals surface area contributed by atoms with Crippen molar-refractivity contribution in [2.24, 2.45) is 0 Å². The fourth-order valence-corrected chi connectivity index (χ4v) is 5.08. The van der Waals surface area contributed by atoms with Gasteiger partial charge in [-0.2, -0.15) is 0 Å². The molecule has 1 aliphatic carbocycles. The molecular formula is C31H28N2. The second kappa shape index (κ2) is 8.84. The number of rotatable bonds is 8. The van der Waals surface area contributed by atoms with Crippen molar-refractivity contribution in [3.63, 3.8) is 0 Å². The summed E-state index contributed by atoms with van der Waals surface area (Å²) in [4.78, 5) is 0. The molecule has 0 saturated heterocycles. The molecule has 4 aromatic rings. The molecule has 4 aromatic carbocycles. The zero-order valence-corrected chi connectivity index (χ0v) is 18.7. The van der Waals surface area contributed by atoms with Crippen LogP contribution in [-0.4, -0.2) is 13.1 Å². The molecule has 0 bridgehead atoms. The molecule has 2 nitrogen and oxygen atoms in total. The van der Waals surface area contributed by atoms with Crippen LogP contribution < -0.4 is 10.6 Å². The van der Waals surface area contributed by atoms with Crippen LogP contribution in [0.5, 0.6) is 0 Å². The summed E-state index contributed by atoms with van der Waals surface area (Å²) in [7, 11) is 0. The van der Waals surface area contributed by atoms with E-state index in [-0.39, 0.29) is 5.41 Å². The zero-order valence-electron chi connectivity index (χ0n) is 18.7. The van der Waals surface area contributed by atoms with Gasteiger partial charge in [0.05, 0.1) is 5.41 Å². The normalized spacial score (nSPS) is 13.0. The van der Waals surface area contributed by atoms with Crippen LogP contribution in [0.15, 0.2) is 122 Å². The first-order valence-corrected chi connectivity index (χ1v) is 11.4. The quantitative estimate of drug-likeness (QED) is 0.254. The Kier molecular flexibility index (Phi) is 5.58. The van der Waals surface area contributed by atoms with E-state index >= 15 is 0 Å². The Morgan fingerprint density at radius 1 is 0.545 bits per heavy atom. The molecule has 0 atom stereocenters. The highest BCUT2D eigenvalue weighted by Gasteiger charge is 2.45. The van der Waals surface area contributed by atoms with Crippen LogP contribution in [0.4, 0.5) is 11.4 Å². The topological polar surface area (TPSA) is 24.1 Å². The van der Waals surface area contributed by atoms with E-state index in [1.165, 1.54) is 33.4 Å². The minimum Gasteiger partial charge on any atom is -0.382 e. The summed E-state index contributed by atoms with van der Waals surface area (Å²) in [6.07, 6.45) is 3.75. The highest BCUT2D eigenvalue weighted by atomic mass is 14.9. The van der Waals surface area contributed by atoms with Crippen LogP contribution in [-0.2, 0) is 5.41 Å². The highest BCUT2D eigenvalue weighted by molar-refractivity contribution is 5.86. The molecule has 2 heteroatoms. The van der Waals surface area contributed by atoms with E-state index in [1.54, 1.807) is 0 Å². The summed E-state index contributed by atoms with van der Waals surface area (Å²) < 4.78 is 0. The van der Waals surface area contributed by atoms with Crippen molar-refractivity contribution in [2.45, 2.75) is 5.41 Å². The lowest BCUT2D eigenvalue weighted by Gasteiger charge is -2.34. The van der Waals surface area contributed by atoms with E-state index < -0.39 is 0 Å². The molecule has 0 heterocycles. The Morgan fingerprint density at radius 2 is 0.939 bits per heavy atom. The first kappa shape index (κ1) is 20.8. The molecule has 1 aliphatic rings. The summed E-state index contributed by atoms with van der Waals surface area (Å²) >= 11 is 0. The van der Waals surface area contributed by atoms with Crippen molar-refractivity contribution in [3.05, 3.63) is 145 Å². The second-order valence-corrected chi connectivity index (χ2v) is 8.34. The lowest BCUT2D eigenvalue weighted by molar-refractivity contribution is 0.768. The Bertz CT molecular complexity index is 1180. The maximum Gasteiger partial charge on any atom is 0.0713 e. The monoisotopic (exact) mass is 428 g/mol. The van der Waals surface area contributed by atoms with E-state index in [1.807, 2.05) is 12.2 Å². The molecule has 0 amide bonds. The third-order valence-electron chi connectivity index (χ3n) is 6.49. The first-order chi connectivity index (χ1) is 16.3. The van der Waals surface area contributed by atoms with Gasteiger partial charge in [-0.3, -0.25) is 0 Å². The third kappa shape index (κ3) is 3.44. The lowest BCUT2D eigenvalue weighted by atomic mass is 9.67. The fraction of sp³-hybridized carbons (Fsp3) is 0.0968. The number of anilines is 2. The summed E-state index contributed by atoms with van der Waals surface area (Å²) in [5.74, 6) is 0.